The number of hydrogen-bond donors (Lipinski definition) is 1. The molecule has 8 heteroatoms. The third kappa shape index (κ3) is 4.05. The molecule has 1 unspecified atom stereocenters. The summed E-state index contributed by atoms with van der Waals surface area (Å²) in [5, 5.41) is 2.21. The first-order valence-corrected chi connectivity index (χ1v) is 9.14. The minimum Gasteiger partial charge on any atom is -0.384 e. The van der Waals surface area contributed by atoms with E-state index in [2.05, 4.69) is 57.7 Å². The van der Waals surface area contributed by atoms with Crippen LogP contribution in [-0.2, 0) is 13.6 Å². The second-order valence-corrected chi connectivity index (χ2v) is 7.98. The summed E-state index contributed by atoms with van der Waals surface area (Å²) in [6, 6.07) is 3.69. The first-order chi connectivity index (χ1) is 11.8. The fourth-order valence-corrected chi connectivity index (χ4v) is 3.87. The molecule has 0 saturated heterocycles. The van der Waals surface area contributed by atoms with Gasteiger partial charge in [-0.15, -0.1) is 0 Å². The number of rotatable bonds is 5. The van der Waals surface area contributed by atoms with Crippen LogP contribution in [0.2, 0.25) is 5.15 Å². The van der Waals surface area contributed by atoms with Crippen LogP contribution in [0.3, 0.4) is 0 Å². The molecular weight excluding hydrogens is 356 g/mol. The molecule has 25 heavy (non-hydrogen) atoms. The van der Waals surface area contributed by atoms with Crippen LogP contribution < -0.4 is 5.73 Å². The standard InChI is InChI=1S/C17H21ClN6S/c1-10(25-17-21-15(18)6-16(19)22-17)13-5-12-11(8-23(2)3)9-24(4)14(12)7-20-13/h5-7,9-10H,8H2,1-4H3,(H2,19,21,22). The molecule has 0 saturated carbocycles. The Morgan fingerprint density at radius 3 is 2.76 bits per heavy atom. The lowest BCUT2D eigenvalue weighted by atomic mass is 10.1. The molecule has 0 aliphatic carbocycles. The van der Waals surface area contributed by atoms with E-state index in [9.17, 15) is 0 Å². The van der Waals surface area contributed by atoms with Crippen LogP contribution in [0, 0.1) is 0 Å². The van der Waals surface area contributed by atoms with Gasteiger partial charge in [-0.25, -0.2) is 9.97 Å². The zero-order valence-corrected chi connectivity index (χ0v) is 16.3. The lowest BCUT2D eigenvalue weighted by Gasteiger charge is -2.12. The van der Waals surface area contributed by atoms with E-state index in [0.717, 1.165) is 17.8 Å². The van der Waals surface area contributed by atoms with E-state index in [4.69, 9.17) is 17.3 Å². The van der Waals surface area contributed by atoms with Crippen LogP contribution in [-0.4, -0.2) is 38.5 Å². The van der Waals surface area contributed by atoms with Crippen molar-refractivity contribution in [2.45, 2.75) is 23.9 Å². The first kappa shape index (κ1) is 18.0. The van der Waals surface area contributed by atoms with Crippen LogP contribution in [0.1, 0.15) is 23.4 Å². The van der Waals surface area contributed by atoms with Gasteiger partial charge < -0.3 is 15.2 Å². The highest BCUT2D eigenvalue weighted by molar-refractivity contribution is 7.99. The molecule has 2 N–H and O–H groups in total. The molecule has 0 fully saturated rings. The zero-order valence-electron chi connectivity index (χ0n) is 14.7. The normalized spacial score (nSPS) is 12.9. The van der Waals surface area contributed by atoms with Crippen molar-refractivity contribution in [1.82, 2.24) is 24.4 Å². The number of nitrogen functional groups attached to an aromatic ring is 1. The van der Waals surface area contributed by atoms with Gasteiger partial charge in [0, 0.05) is 31.2 Å². The van der Waals surface area contributed by atoms with Gasteiger partial charge in [0.2, 0.25) is 0 Å². The van der Waals surface area contributed by atoms with Gasteiger partial charge in [0.05, 0.1) is 22.7 Å². The van der Waals surface area contributed by atoms with Gasteiger partial charge in [-0.2, -0.15) is 0 Å². The minimum atomic E-state index is 0.0784. The van der Waals surface area contributed by atoms with Crippen molar-refractivity contribution in [1.29, 1.82) is 0 Å². The summed E-state index contributed by atoms with van der Waals surface area (Å²) >= 11 is 7.46. The first-order valence-electron chi connectivity index (χ1n) is 7.89. The van der Waals surface area contributed by atoms with Crippen LogP contribution in [0.25, 0.3) is 10.9 Å². The number of nitrogens with two attached hydrogens (primary N) is 1. The van der Waals surface area contributed by atoms with E-state index < -0.39 is 0 Å². The second kappa shape index (κ2) is 7.19. The van der Waals surface area contributed by atoms with E-state index in [1.165, 1.54) is 28.8 Å². The number of aromatic nitrogens is 4. The van der Waals surface area contributed by atoms with Gasteiger partial charge in [-0.1, -0.05) is 23.4 Å². The maximum atomic E-state index is 5.96. The predicted octanol–water partition coefficient (Wildman–Crippen LogP) is 3.51. The summed E-state index contributed by atoms with van der Waals surface area (Å²) in [4.78, 5) is 15.2. The Bertz CT molecular complexity index is 887. The summed E-state index contributed by atoms with van der Waals surface area (Å²) in [7, 11) is 6.18. The number of fused-ring (bicyclic) bond motifs is 1. The van der Waals surface area contributed by atoms with Crippen molar-refractivity contribution in [2.24, 2.45) is 7.05 Å². The summed E-state index contributed by atoms with van der Waals surface area (Å²) < 4.78 is 2.11. The van der Waals surface area contributed by atoms with E-state index in [-0.39, 0.29) is 5.25 Å². The molecule has 0 bridgehead atoms. The summed E-state index contributed by atoms with van der Waals surface area (Å²) in [6.07, 6.45) is 4.09. The highest BCUT2D eigenvalue weighted by Crippen LogP contribution is 2.34. The van der Waals surface area contributed by atoms with E-state index in [0.29, 0.717) is 16.1 Å². The highest BCUT2D eigenvalue weighted by Gasteiger charge is 2.15. The van der Waals surface area contributed by atoms with Crippen molar-refractivity contribution in [3.05, 3.63) is 40.9 Å². The van der Waals surface area contributed by atoms with Crippen molar-refractivity contribution in [3.8, 4) is 0 Å². The molecule has 0 spiro atoms. The minimum absolute atomic E-state index is 0.0784. The molecule has 1 atom stereocenters. The Morgan fingerprint density at radius 1 is 1.32 bits per heavy atom. The molecule has 0 radical (unpaired) electrons. The number of anilines is 1. The van der Waals surface area contributed by atoms with Gasteiger partial charge in [-0.3, -0.25) is 4.98 Å². The summed E-state index contributed by atoms with van der Waals surface area (Å²) in [5.74, 6) is 0.370. The number of halogens is 1. The maximum absolute atomic E-state index is 5.96. The van der Waals surface area contributed by atoms with Crippen molar-refractivity contribution in [3.63, 3.8) is 0 Å². The van der Waals surface area contributed by atoms with E-state index in [1.54, 1.807) is 0 Å². The molecular formula is C17H21ClN6S. The third-order valence-corrected chi connectivity index (χ3v) is 5.04. The highest BCUT2D eigenvalue weighted by atomic mass is 35.5. The molecule has 3 aromatic heterocycles. The molecule has 132 valence electrons. The SMILES string of the molecule is CC(Sc1nc(N)cc(Cl)n1)c1cc2c(CN(C)C)cn(C)c2cn1. The fourth-order valence-electron chi connectivity index (χ4n) is 2.75. The molecule has 0 amide bonds. The maximum Gasteiger partial charge on any atom is 0.191 e. The van der Waals surface area contributed by atoms with Gasteiger partial charge >= 0.3 is 0 Å². The van der Waals surface area contributed by atoms with Gasteiger partial charge in [-0.05, 0) is 32.6 Å². The lowest BCUT2D eigenvalue weighted by molar-refractivity contribution is 0.404. The molecule has 0 aromatic carbocycles. The van der Waals surface area contributed by atoms with Crippen molar-refractivity contribution in [2.75, 3.05) is 19.8 Å². The topological polar surface area (TPSA) is 72.9 Å². The smallest absolute Gasteiger partial charge is 0.191 e. The molecule has 0 aliphatic heterocycles. The number of pyridine rings is 1. The van der Waals surface area contributed by atoms with Crippen LogP contribution in [0.15, 0.2) is 29.7 Å². The van der Waals surface area contributed by atoms with E-state index in [1.807, 2.05) is 13.2 Å². The molecule has 3 heterocycles. The lowest BCUT2D eigenvalue weighted by Crippen LogP contribution is -2.10. The second-order valence-electron chi connectivity index (χ2n) is 6.29. The number of thioether (sulfide) groups is 1. The Kier molecular flexibility index (Phi) is 5.17. The predicted molar refractivity (Wildman–Crippen MR) is 104 cm³/mol. The van der Waals surface area contributed by atoms with Gasteiger partial charge in [0.25, 0.3) is 0 Å². The van der Waals surface area contributed by atoms with Crippen molar-refractivity contribution >= 4 is 40.1 Å². The molecule has 3 aromatic rings. The van der Waals surface area contributed by atoms with Crippen molar-refractivity contribution < 1.29 is 0 Å². The number of nitrogens with zero attached hydrogens (tertiary/aromatic N) is 5. The van der Waals surface area contributed by atoms with Crippen LogP contribution in [0.5, 0.6) is 0 Å². The Balaban J connectivity index is 1.92. The molecule has 0 aliphatic rings. The monoisotopic (exact) mass is 376 g/mol. The Hall–Kier alpha value is -1.83. The number of hydrogen-bond acceptors (Lipinski definition) is 6. The Labute approximate surface area is 156 Å². The summed E-state index contributed by atoms with van der Waals surface area (Å²) in [5.41, 5.74) is 9.13. The van der Waals surface area contributed by atoms with E-state index >= 15 is 0 Å². The fraction of sp³-hybridized carbons (Fsp3) is 0.353. The Morgan fingerprint density at radius 2 is 2.08 bits per heavy atom. The third-order valence-electron chi connectivity index (χ3n) is 3.86. The van der Waals surface area contributed by atoms with Gasteiger partial charge in [0.1, 0.15) is 11.0 Å². The van der Waals surface area contributed by atoms with Crippen LogP contribution in [0.4, 0.5) is 5.82 Å². The zero-order chi connectivity index (χ0) is 18.1. The average molecular weight is 377 g/mol. The molecule has 6 nitrogen and oxygen atoms in total. The average Bonchev–Trinajstić information content (AvgIpc) is 2.81. The largest absolute Gasteiger partial charge is 0.384 e. The van der Waals surface area contributed by atoms with Crippen LogP contribution >= 0.6 is 23.4 Å². The quantitative estimate of drug-likeness (QED) is 0.417. The number of aryl methyl sites for hydroxylation is 1. The molecule has 3 rings (SSSR count). The van der Waals surface area contributed by atoms with Gasteiger partial charge in [0.15, 0.2) is 5.16 Å². The summed E-state index contributed by atoms with van der Waals surface area (Å²) in [6.45, 7) is 2.96.